The summed E-state index contributed by atoms with van der Waals surface area (Å²) in [6, 6.07) is -1.50. The molecule has 0 unspecified atom stereocenters. The van der Waals surface area contributed by atoms with Gasteiger partial charge in [-0.05, 0) is 12.8 Å². The molecule has 0 radical (unpaired) electrons. The van der Waals surface area contributed by atoms with Crippen molar-refractivity contribution in [3.05, 3.63) is 0 Å². The Morgan fingerprint density at radius 2 is 1.89 bits per heavy atom. The second kappa shape index (κ2) is 9.18. The SMILES string of the molecule is CCC[C@@H](NC(=O)N(CCC)CC(=O)OC)C(=O)O. The second-order valence-electron chi connectivity index (χ2n) is 4.13. The molecule has 0 rings (SSSR count). The molecule has 0 heterocycles. The van der Waals surface area contributed by atoms with Crippen LogP contribution in [0, 0.1) is 0 Å². The number of ether oxygens (including phenoxy) is 1. The van der Waals surface area contributed by atoms with E-state index in [0.29, 0.717) is 25.8 Å². The van der Waals surface area contributed by atoms with Crippen molar-refractivity contribution in [3.63, 3.8) is 0 Å². The molecule has 2 N–H and O–H groups in total. The molecule has 0 aliphatic carbocycles. The molecule has 0 spiro atoms. The van der Waals surface area contributed by atoms with Gasteiger partial charge in [-0.25, -0.2) is 9.59 Å². The first-order chi connectivity index (χ1) is 8.96. The Bertz CT molecular complexity index is 317. The second-order valence-corrected chi connectivity index (χ2v) is 4.13. The van der Waals surface area contributed by atoms with Gasteiger partial charge in [0.2, 0.25) is 0 Å². The zero-order chi connectivity index (χ0) is 14.8. The van der Waals surface area contributed by atoms with Crippen LogP contribution in [0.25, 0.3) is 0 Å². The molecule has 0 saturated heterocycles. The van der Waals surface area contributed by atoms with Crippen molar-refractivity contribution in [3.8, 4) is 0 Å². The number of hydrogen-bond donors (Lipinski definition) is 2. The molecule has 0 bridgehead atoms. The molecular formula is C12H22N2O5. The summed E-state index contributed by atoms with van der Waals surface area (Å²) in [5.41, 5.74) is 0. The maximum atomic E-state index is 11.9. The molecule has 0 aromatic heterocycles. The van der Waals surface area contributed by atoms with Gasteiger partial charge in [0.25, 0.3) is 0 Å². The van der Waals surface area contributed by atoms with Gasteiger partial charge >= 0.3 is 18.0 Å². The minimum Gasteiger partial charge on any atom is -0.480 e. The average Bonchev–Trinajstić information content (AvgIpc) is 2.37. The van der Waals surface area contributed by atoms with Crippen LogP contribution in [0.5, 0.6) is 0 Å². The number of aliphatic carboxylic acids is 1. The monoisotopic (exact) mass is 274 g/mol. The van der Waals surface area contributed by atoms with Crippen LogP contribution in [-0.4, -0.2) is 54.2 Å². The summed E-state index contributed by atoms with van der Waals surface area (Å²) >= 11 is 0. The van der Waals surface area contributed by atoms with Gasteiger partial charge in [0.05, 0.1) is 7.11 Å². The van der Waals surface area contributed by atoms with Crippen LogP contribution in [-0.2, 0) is 14.3 Å². The third-order valence-corrected chi connectivity index (χ3v) is 2.50. The van der Waals surface area contributed by atoms with E-state index in [1.165, 1.54) is 12.0 Å². The summed E-state index contributed by atoms with van der Waals surface area (Å²) in [6.45, 7) is 3.87. The fourth-order valence-corrected chi connectivity index (χ4v) is 1.53. The predicted octanol–water partition coefficient (Wildman–Crippen LogP) is 0.834. The minimum absolute atomic E-state index is 0.186. The van der Waals surface area contributed by atoms with Crippen molar-refractivity contribution in [2.45, 2.75) is 39.2 Å². The van der Waals surface area contributed by atoms with Crippen LogP contribution in [0.15, 0.2) is 0 Å². The number of carbonyl (C=O) groups is 3. The molecule has 0 aliphatic heterocycles. The maximum Gasteiger partial charge on any atom is 0.326 e. The first-order valence-electron chi connectivity index (χ1n) is 6.31. The van der Waals surface area contributed by atoms with Crippen LogP contribution < -0.4 is 5.32 Å². The number of carboxylic acids is 1. The largest absolute Gasteiger partial charge is 0.480 e. The van der Waals surface area contributed by atoms with E-state index in [1.54, 1.807) is 0 Å². The van der Waals surface area contributed by atoms with E-state index in [4.69, 9.17) is 5.11 Å². The fourth-order valence-electron chi connectivity index (χ4n) is 1.53. The number of urea groups is 1. The van der Waals surface area contributed by atoms with Crippen molar-refractivity contribution < 1.29 is 24.2 Å². The lowest BCUT2D eigenvalue weighted by Crippen LogP contribution is -2.49. The smallest absolute Gasteiger partial charge is 0.326 e. The van der Waals surface area contributed by atoms with Crippen molar-refractivity contribution in [1.29, 1.82) is 0 Å². The van der Waals surface area contributed by atoms with Crippen molar-refractivity contribution in [2.75, 3.05) is 20.2 Å². The molecule has 7 heteroatoms. The van der Waals surface area contributed by atoms with E-state index >= 15 is 0 Å². The summed E-state index contributed by atoms with van der Waals surface area (Å²) < 4.78 is 4.50. The molecule has 0 aromatic rings. The first-order valence-corrected chi connectivity index (χ1v) is 6.31. The lowest BCUT2D eigenvalue weighted by molar-refractivity contribution is -0.141. The van der Waals surface area contributed by atoms with E-state index in [-0.39, 0.29) is 6.54 Å². The van der Waals surface area contributed by atoms with Gasteiger partial charge in [0, 0.05) is 6.54 Å². The Morgan fingerprint density at radius 3 is 2.32 bits per heavy atom. The number of nitrogens with one attached hydrogen (secondary N) is 1. The number of esters is 1. The third kappa shape index (κ3) is 6.64. The average molecular weight is 274 g/mol. The van der Waals surface area contributed by atoms with Crippen LogP contribution in [0.2, 0.25) is 0 Å². The van der Waals surface area contributed by atoms with E-state index < -0.39 is 24.0 Å². The summed E-state index contributed by atoms with van der Waals surface area (Å²) in [5, 5.41) is 11.4. The standard InChI is InChI=1S/C12H22N2O5/c1-4-6-9(11(16)17)13-12(18)14(7-5-2)8-10(15)19-3/h9H,4-8H2,1-3H3,(H,13,18)(H,16,17)/t9-/m1/s1. The summed E-state index contributed by atoms with van der Waals surface area (Å²) in [5.74, 6) is -1.62. The molecule has 1 atom stereocenters. The van der Waals surface area contributed by atoms with Crippen molar-refractivity contribution in [1.82, 2.24) is 10.2 Å². The normalized spacial score (nSPS) is 11.5. The summed E-state index contributed by atoms with van der Waals surface area (Å²) in [6.07, 6.45) is 1.65. The number of carbonyl (C=O) groups excluding carboxylic acids is 2. The van der Waals surface area contributed by atoms with E-state index in [2.05, 4.69) is 10.1 Å². The van der Waals surface area contributed by atoms with Gasteiger partial charge in [-0.1, -0.05) is 20.3 Å². The van der Waals surface area contributed by atoms with Gasteiger partial charge in [0.1, 0.15) is 12.6 Å². The number of nitrogens with zero attached hydrogens (tertiary/aromatic N) is 1. The number of methoxy groups -OCH3 is 1. The number of rotatable bonds is 8. The van der Waals surface area contributed by atoms with Gasteiger partial charge < -0.3 is 20.1 Å². The maximum absolute atomic E-state index is 11.9. The Labute approximate surface area is 112 Å². The lowest BCUT2D eigenvalue weighted by Gasteiger charge is -2.23. The number of hydrogen-bond acceptors (Lipinski definition) is 4. The van der Waals surface area contributed by atoms with E-state index in [9.17, 15) is 14.4 Å². The quantitative estimate of drug-likeness (QED) is 0.639. The van der Waals surface area contributed by atoms with Crippen molar-refractivity contribution >= 4 is 18.0 Å². The highest BCUT2D eigenvalue weighted by atomic mass is 16.5. The van der Waals surface area contributed by atoms with Gasteiger partial charge in [0.15, 0.2) is 0 Å². The zero-order valence-corrected chi connectivity index (χ0v) is 11.6. The predicted molar refractivity (Wildman–Crippen MR) is 68.7 cm³/mol. The summed E-state index contributed by atoms with van der Waals surface area (Å²) in [7, 11) is 1.24. The Kier molecular flexibility index (Phi) is 8.32. The number of carboxylic acid groups (broad SMARTS) is 1. The highest BCUT2D eigenvalue weighted by Crippen LogP contribution is 2.00. The zero-order valence-electron chi connectivity index (χ0n) is 11.6. The van der Waals surface area contributed by atoms with Crippen LogP contribution in [0.4, 0.5) is 4.79 Å². The molecule has 7 nitrogen and oxygen atoms in total. The fraction of sp³-hybridized carbons (Fsp3) is 0.750. The van der Waals surface area contributed by atoms with Crippen LogP contribution in [0.3, 0.4) is 0 Å². The highest BCUT2D eigenvalue weighted by Gasteiger charge is 2.23. The first kappa shape index (κ1) is 17.2. The Balaban J connectivity index is 4.60. The highest BCUT2D eigenvalue weighted by molar-refractivity contribution is 5.85. The number of amides is 2. The van der Waals surface area contributed by atoms with Crippen molar-refractivity contribution in [2.24, 2.45) is 0 Å². The molecule has 2 amide bonds. The molecule has 0 aliphatic rings. The van der Waals surface area contributed by atoms with Crippen LogP contribution in [0.1, 0.15) is 33.1 Å². The molecule has 0 fully saturated rings. The summed E-state index contributed by atoms with van der Waals surface area (Å²) in [4.78, 5) is 35.3. The molecule has 0 aromatic carbocycles. The molecule has 110 valence electrons. The lowest BCUT2D eigenvalue weighted by atomic mass is 10.2. The Morgan fingerprint density at radius 1 is 1.26 bits per heavy atom. The minimum atomic E-state index is -1.08. The van der Waals surface area contributed by atoms with Gasteiger partial charge in [-0.3, -0.25) is 4.79 Å². The topological polar surface area (TPSA) is 95.9 Å². The molecular weight excluding hydrogens is 252 g/mol. The Hall–Kier alpha value is -1.79. The van der Waals surface area contributed by atoms with Crippen LogP contribution >= 0.6 is 0 Å². The van der Waals surface area contributed by atoms with Gasteiger partial charge in [-0.15, -0.1) is 0 Å². The van der Waals surface area contributed by atoms with E-state index in [0.717, 1.165) is 0 Å². The van der Waals surface area contributed by atoms with Gasteiger partial charge in [-0.2, -0.15) is 0 Å². The van der Waals surface area contributed by atoms with E-state index in [1.807, 2.05) is 13.8 Å². The molecule has 0 saturated carbocycles. The molecule has 19 heavy (non-hydrogen) atoms. The third-order valence-electron chi connectivity index (χ3n) is 2.50.